The molecule has 2 aliphatic heterocycles. The van der Waals surface area contributed by atoms with E-state index in [-0.39, 0.29) is 18.2 Å². The largest absolute Gasteiger partial charge is 0.486 e. The maximum Gasteiger partial charge on any atom is 0.241 e. The summed E-state index contributed by atoms with van der Waals surface area (Å²) in [5, 5.41) is 0. The Morgan fingerprint density at radius 3 is 2.62 bits per heavy atom. The summed E-state index contributed by atoms with van der Waals surface area (Å²) in [7, 11) is -3.69. The minimum Gasteiger partial charge on any atom is -0.486 e. The van der Waals surface area contributed by atoms with Crippen molar-refractivity contribution in [2.45, 2.75) is 11.4 Å². The van der Waals surface area contributed by atoms with E-state index in [0.717, 1.165) is 0 Å². The van der Waals surface area contributed by atoms with E-state index in [4.69, 9.17) is 18.9 Å². The van der Waals surface area contributed by atoms with E-state index in [2.05, 4.69) is 4.72 Å². The molecule has 8 heteroatoms. The van der Waals surface area contributed by atoms with E-state index in [0.29, 0.717) is 41.8 Å². The van der Waals surface area contributed by atoms with Gasteiger partial charge in [0.2, 0.25) is 16.8 Å². The molecule has 126 valence electrons. The van der Waals surface area contributed by atoms with Crippen LogP contribution in [-0.4, -0.2) is 28.4 Å². The highest BCUT2D eigenvalue weighted by molar-refractivity contribution is 7.89. The number of para-hydroxylation sites is 1. The van der Waals surface area contributed by atoms with Crippen molar-refractivity contribution < 1.29 is 27.4 Å². The van der Waals surface area contributed by atoms with E-state index < -0.39 is 10.0 Å². The monoisotopic (exact) mass is 349 g/mol. The zero-order valence-electron chi connectivity index (χ0n) is 12.7. The number of rotatable bonds is 4. The van der Waals surface area contributed by atoms with Gasteiger partial charge in [0.05, 0.1) is 4.90 Å². The van der Waals surface area contributed by atoms with Crippen LogP contribution in [0.2, 0.25) is 0 Å². The molecule has 0 aliphatic carbocycles. The van der Waals surface area contributed by atoms with Crippen LogP contribution in [0.25, 0.3) is 0 Å². The molecule has 4 rings (SSSR count). The van der Waals surface area contributed by atoms with E-state index in [9.17, 15) is 8.42 Å². The molecule has 0 aromatic heterocycles. The zero-order valence-corrected chi connectivity index (χ0v) is 13.5. The lowest BCUT2D eigenvalue weighted by atomic mass is 10.2. The summed E-state index contributed by atoms with van der Waals surface area (Å²) in [6.07, 6.45) is 0. The van der Waals surface area contributed by atoms with Crippen LogP contribution in [0.5, 0.6) is 23.0 Å². The number of ether oxygens (including phenoxy) is 4. The second-order valence-electron chi connectivity index (χ2n) is 5.28. The minimum absolute atomic E-state index is 0.101. The Balaban J connectivity index is 1.55. The van der Waals surface area contributed by atoms with E-state index in [1.54, 1.807) is 24.3 Å². The molecule has 1 N–H and O–H groups in total. The molecule has 2 aliphatic rings. The van der Waals surface area contributed by atoms with Crippen molar-refractivity contribution in [3.05, 3.63) is 42.0 Å². The quantitative estimate of drug-likeness (QED) is 0.904. The Kier molecular flexibility index (Phi) is 3.70. The van der Waals surface area contributed by atoms with Crippen molar-refractivity contribution >= 4 is 10.0 Å². The van der Waals surface area contributed by atoms with Gasteiger partial charge in [-0.15, -0.1) is 0 Å². The molecular weight excluding hydrogens is 334 g/mol. The summed E-state index contributed by atoms with van der Waals surface area (Å²) < 4.78 is 49.1. The van der Waals surface area contributed by atoms with Crippen LogP contribution in [0.1, 0.15) is 5.56 Å². The Hall–Kier alpha value is -2.45. The molecule has 0 saturated heterocycles. The number of hydrogen-bond donors (Lipinski definition) is 1. The van der Waals surface area contributed by atoms with Crippen LogP contribution in [0.4, 0.5) is 0 Å². The summed E-state index contributed by atoms with van der Waals surface area (Å²) in [6, 6.07) is 9.92. The van der Waals surface area contributed by atoms with Crippen LogP contribution in [0, 0.1) is 0 Å². The molecule has 0 saturated carbocycles. The van der Waals surface area contributed by atoms with Crippen molar-refractivity contribution in [3.8, 4) is 23.0 Å². The fourth-order valence-corrected chi connectivity index (χ4v) is 3.60. The van der Waals surface area contributed by atoms with Crippen LogP contribution >= 0.6 is 0 Å². The van der Waals surface area contributed by atoms with Gasteiger partial charge in [-0.25, -0.2) is 13.1 Å². The third-order valence-electron chi connectivity index (χ3n) is 3.75. The molecule has 24 heavy (non-hydrogen) atoms. The van der Waals surface area contributed by atoms with E-state index in [1.165, 1.54) is 12.1 Å². The van der Waals surface area contributed by atoms with Gasteiger partial charge >= 0.3 is 0 Å². The Morgan fingerprint density at radius 1 is 0.917 bits per heavy atom. The predicted molar refractivity (Wildman–Crippen MR) is 84.0 cm³/mol. The minimum atomic E-state index is -3.69. The normalized spacial score (nSPS) is 15.3. The number of fused-ring (bicyclic) bond motifs is 2. The smallest absolute Gasteiger partial charge is 0.241 e. The fourth-order valence-electron chi connectivity index (χ4n) is 2.58. The summed E-state index contributed by atoms with van der Waals surface area (Å²) in [5.41, 5.74) is 0.714. The lowest BCUT2D eigenvalue weighted by Crippen LogP contribution is -2.24. The second-order valence-corrected chi connectivity index (χ2v) is 7.05. The Labute approximate surface area is 139 Å². The summed E-state index contributed by atoms with van der Waals surface area (Å²) in [4.78, 5) is 0.122. The Morgan fingerprint density at radius 2 is 1.75 bits per heavy atom. The van der Waals surface area contributed by atoms with Crippen molar-refractivity contribution in [1.29, 1.82) is 0 Å². The molecule has 2 aromatic rings. The van der Waals surface area contributed by atoms with Gasteiger partial charge in [0.25, 0.3) is 0 Å². The van der Waals surface area contributed by atoms with Gasteiger partial charge in [0.15, 0.2) is 23.0 Å². The van der Waals surface area contributed by atoms with Gasteiger partial charge in [-0.2, -0.15) is 0 Å². The lowest BCUT2D eigenvalue weighted by molar-refractivity contribution is 0.171. The van der Waals surface area contributed by atoms with Gasteiger partial charge in [0, 0.05) is 18.2 Å². The zero-order chi connectivity index (χ0) is 16.6. The third-order valence-corrected chi connectivity index (χ3v) is 5.15. The van der Waals surface area contributed by atoms with Crippen molar-refractivity contribution in [2.75, 3.05) is 20.0 Å². The number of benzene rings is 2. The average molecular weight is 349 g/mol. The second kappa shape index (κ2) is 5.88. The highest BCUT2D eigenvalue weighted by atomic mass is 32.2. The van der Waals surface area contributed by atoms with Gasteiger partial charge in [0.1, 0.15) is 13.2 Å². The van der Waals surface area contributed by atoms with Crippen molar-refractivity contribution in [3.63, 3.8) is 0 Å². The van der Waals surface area contributed by atoms with Crippen molar-refractivity contribution in [2.24, 2.45) is 0 Å². The summed E-state index contributed by atoms with van der Waals surface area (Å²) in [5.74, 6) is 2.17. The Bertz CT molecular complexity index is 880. The maximum absolute atomic E-state index is 12.5. The first-order chi connectivity index (χ1) is 11.6. The first-order valence-electron chi connectivity index (χ1n) is 7.40. The van der Waals surface area contributed by atoms with Crippen LogP contribution in [0.15, 0.2) is 41.3 Å². The van der Waals surface area contributed by atoms with Gasteiger partial charge in [-0.1, -0.05) is 12.1 Å². The number of sulfonamides is 1. The van der Waals surface area contributed by atoms with Crippen LogP contribution in [-0.2, 0) is 16.6 Å². The first-order valence-corrected chi connectivity index (χ1v) is 8.89. The highest BCUT2D eigenvalue weighted by Crippen LogP contribution is 2.36. The maximum atomic E-state index is 12.5. The van der Waals surface area contributed by atoms with E-state index in [1.807, 2.05) is 0 Å². The third kappa shape index (κ3) is 2.74. The molecule has 2 aromatic carbocycles. The topological polar surface area (TPSA) is 83.1 Å². The molecule has 0 spiro atoms. The summed E-state index contributed by atoms with van der Waals surface area (Å²) in [6.45, 7) is 1.10. The predicted octanol–water partition coefficient (Wildman–Crippen LogP) is 1.67. The molecule has 7 nitrogen and oxygen atoms in total. The fraction of sp³-hybridized carbons (Fsp3) is 0.250. The molecule has 0 radical (unpaired) electrons. The summed E-state index contributed by atoms with van der Waals surface area (Å²) >= 11 is 0. The SMILES string of the molecule is O=S(=O)(NCc1cccc2c1OCO2)c1ccc2c(c1)OCCO2. The molecule has 0 unspecified atom stereocenters. The first kappa shape index (κ1) is 15.1. The lowest BCUT2D eigenvalue weighted by Gasteiger charge is -2.19. The highest BCUT2D eigenvalue weighted by Gasteiger charge is 2.22. The van der Waals surface area contributed by atoms with Crippen molar-refractivity contribution in [1.82, 2.24) is 4.72 Å². The van der Waals surface area contributed by atoms with Crippen LogP contribution < -0.4 is 23.7 Å². The molecular formula is C16H15NO6S. The van der Waals surface area contributed by atoms with Gasteiger partial charge in [-0.3, -0.25) is 0 Å². The van der Waals surface area contributed by atoms with Crippen LogP contribution in [0.3, 0.4) is 0 Å². The standard InChI is InChI=1S/C16H15NO6S/c18-24(19,12-4-5-13-15(8-12)21-7-6-20-13)17-9-11-2-1-3-14-16(11)23-10-22-14/h1-5,8,17H,6-7,9-10H2. The molecule has 0 fully saturated rings. The van der Waals surface area contributed by atoms with E-state index >= 15 is 0 Å². The number of nitrogens with one attached hydrogen (secondary N) is 1. The molecule has 0 atom stereocenters. The van der Waals surface area contributed by atoms with Gasteiger partial charge < -0.3 is 18.9 Å². The molecule has 0 amide bonds. The molecule has 2 heterocycles. The van der Waals surface area contributed by atoms with Gasteiger partial charge in [-0.05, 0) is 18.2 Å². The average Bonchev–Trinajstić information content (AvgIpc) is 3.09. The number of hydrogen-bond acceptors (Lipinski definition) is 6. The molecule has 0 bridgehead atoms.